The fourth-order valence-electron chi connectivity index (χ4n) is 2.80. The maximum atomic E-state index is 12.0. The van der Waals surface area contributed by atoms with Crippen molar-refractivity contribution in [3.05, 3.63) is 35.9 Å². The second-order valence-corrected chi connectivity index (χ2v) is 6.38. The van der Waals surface area contributed by atoms with E-state index in [1.54, 1.807) is 0 Å². The molecule has 1 saturated heterocycles. The molecule has 0 aromatic heterocycles. The van der Waals surface area contributed by atoms with Crippen LogP contribution in [0.5, 0.6) is 0 Å². The molecule has 5 heteroatoms. The number of carbonyl (C=O) groups is 1. The van der Waals surface area contributed by atoms with E-state index in [4.69, 9.17) is 4.99 Å². The van der Waals surface area contributed by atoms with Gasteiger partial charge in [0.1, 0.15) is 0 Å². The van der Waals surface area contributed by atoms with Crippen LogP contribution in [0.2, 0.25) is 0 Å². The van der Waals surface area contributed by atoms with Crippen molar-refractivity contribution in [2.45, 2.75) is 33.1 Å². The first-order valence-corrected chi connectivity index (χ1v) is 9.07. The van der Waals surface area contributed by atoms with Gasteiger partial charge in [-0.1, -0.05) is 25.1 Å². The van der Waals surface area contributed by atoms with Crippen LogP contribution >= 0.6 is 0 Å². The molecule has 1 aromatic rings. The number of likely N-dealkylation sites (tertiary alicyclic amines) is 1. The predicted octanol–water partition coefficient (Wildman–Crippen LogP) is 2.50. The van der Waals surface area contributed by atoms with Gasteiger partial charge in [-0.25, -0.2) is 0 Å². The molecule has 24 heavy (non-hydrogen) atoms. The van der Waals surface area contributed by atoms with E-state index in [2.05, 4.69) is 29.4 Å². The highest BCUT2D eigenvalue weighted by atomic mass is 16.1. The number of hydrogen-bond donors (Lipinski definition) is 2. The van der Waals surface area contributed by atoms with Gasteiger partial charge >= 0.3 is 0 Å². The molecule has 0 aliphatic carbocycles. The Morgan fingerprint density at radius 3 is 2.58 bits per heavy atom. The maximum absolute atomic E-state index is 12.0. The summed E-state index contributed by atoms with van der Waals surface area (Å²) in [6, 6.07) is 9.32. The number of hydrogen-bond acceptors (Lipinski definition) is 2. The summed E-state index contributed by atoms with van der Waals surface area (Å²) in [7, 11) is 0. The Bertz CT molecular complexity index is 521. The molecular formula is C19H30N4O. The number of piperidine rings is 1. The molecule has 1 aromatic carbocycles. The number of benzene rings is 1. The minimum atomic E-state index is -0.0171. The average molecular weight is 330 g/mol. The van der Waals surface area contributed by atoms with E-state index < -0.39 is 0 Å². The molecule has 0 atom stereocenters. The van der Waals surface area contributed by atoms with Crippen molar-refractivity contribution in [1.82, 2.24) is 15.5 Å². The lowest BCUT2D eigenvalue weighted by atomic mass is 10.00. The van der Waals surface area contributed by atoms with Crippen molar-refractivity contribution in [1.29, 1.82) is 0 Å². The third kappa shape index (κ3) is 5.87. The fourth-order valence-corrected chi connectivity index (χ4v) is 2.80. The highest BCUT2D eigenvalue weighted by Gasteiger charge is 2.18. The van der Waals surface area contributed by atoms with Crippen molar-refractivity contribution in [3.8, 4) is 0 Å². The van der Waals surface area contributed by atoms with E-state index in [0.29, 0.717) is 12.1 Å². The first kappa shape index (κ1) is 18.3. The number of nitrogens with zero attached hydrogens (tertiary/aromatic N) is 2. The molecule has 2 rings (SSSR count). The lowest BCUT2D eigenvalue weighted by molar-refractivity contribution is 0.0953. The van der Waals surface area contributed by atoms with E-state index in [1.165, 1.54) is 12.8 Å². The summed E-state index contributed by atoms with van der Waals surface area (Å²) in [6.45, 7) is 8.83. The number of rotatable bonds is 6. The summed E-state index contributed by atoms with van der Waals surface area (Å²) in [5, 5.41) is 6.33. The van der Waals surface area contributed by atoms with Gasteiger partial charge in [-0.15, -0.1) is 0 Å². The molecule has 1 heterocycles. The monoisotopic (exact) mass is 330 g/mol. The molecule has 5 nitrogen and oxygen atoms in total. The molecule has 1 aliphatic rings. The smallest absolute Gasteiger partial charge is 0.251 e. The average Bonchev–Trinajstić information content (AvgIpc) is 2.62. The molecule has 0 bridgehead atoms. The zero-order valence-electron chi connectivity index (χ0n) is 14.9. The second kappa shape index (κ2) is 9.96. The van der Waals surface area contributed by atoms with E-state index >= 15 is 0 Å². The van der Waals surface area contributed by atoms with Crippen molar-refractivity contribution < 1.29 is 4.79 Å². The predicted molar refractivity (Wildman–Crippen MR) is 99.3 cm³/mol. The van der Waals surface area contributed by atoms with Crippen LogP contribution in [0.25, 0.3) is 0 Å². The van der Waals surface area contributed by atoms with Gasteiger partial charge in [0.05, 0.1) is 0 Å². The Morgan fingerprint density at radius 2 is 1.92 bits per heavy atom. The SMILES string of the molecule is CCNC(=NCCCNC(=O)c1ccccc1)N1CCC(C)CC1. The lowest BCUT2D eigenvalue weighted by Gasteiger charge is -2.33. The Kier molecular flexibility index (Phi) is 7.59. The molecule has 1 fully saturated rings. The van der Waals surface area contributed by atoms with E-state index in [-0.39, 0.29) is 5.91 Å². The molecule has 2 N–H and O–H groups in total. The number of aliphatic imine (C=N–C) groups is 1. The van der Waals surface area contributed by atoms with Gasteiger partial charge in [0.25, 0.3) is 5.91 Å². The van der Waals surface area contributed by atoms with Crippen LogP contribution in [-0.2, 0) is 0 Å². The maximum Gasteiger partial charge on any atom is 0.251 e. The molecule has 0 unspecified atom stereocenters. The Labute approximate surface area is 145 Å². The van der Waals surface area contributed by atoms with E-state index in [9.17, 15) is 4.79 Å². The zero-order chi connectivity index (χ0) is 17.2. The van der Waals surface area contributed by atoms with Gasteiger partial charge in [0.2, 0.25) is 0 Å². The summed E-state index contributed by atoms with van der Waals surface area (Å²) in [5.41, 5.74) is 0.705. The third-order valence-electron chi connectivity index (χ3n) is 4.34. The van der Waals surface area contributed by atoms with Crippen LogP contribution in [0.3, 0.4) is 0 Å². The van der Waals surface area contributed by atoms with Crippen molar-refractivity contribution in [3.63, 3.8) is 0 Å². The van der Waals surface area contributed by atoms with Crippen LogP contribution in [0, 0.1) is 5.92 Å². The van der Waals surface area contributed by atoms with Gasteiger partial charge in [-0.2, -0.15) is 0 Å². The topological polar surface area (TPSA) is 56.7 Å². The van der Waals surface area contributed by atoms with Crippen LogP contribution in [0.1, 0.15) is 43.5 Å². The molecule has 1 aliphatic heterocycles. The van der Waals surface area contributed by atoms with Crippen LogP contribution in [-0.4, -0.2) is 49.5 Å². The molecule has 132 valence electrons. The molecular weight excluding hydrogens is 300 g/mol. The number of guanidine groups is 1. The normalized spacial score (nSPS) is 16.1. The largest absolute Gasteiger partial charge is 0.357 e. The van der Waals surface area contributed by atoms with Gasteiger partial charge in [-0.3, -0.25) is 9.79 Å². The number of amides is 1. The van der Waals surface area contributed by atoms with Crippen molar-refractivity contribution in [2.24, 2.45) is 10.9 Å². The highest BCUT2D eigenvalue weighted by Crippen LogP contribution is 2.15. The summed E-state index contributed by atoms with van der Waals surface area (Å²) in [5.74, 6) is 1.81. The minimum absolute atomic E-state index is 0.0171. The molecule has 0 spiro atoms. The third-order valence-corrected chi connectivity index (χ3v) is 4.34. The fraction of sp³-hybridized carbons (Fsp3) is 0.579. The number of nitrogens with one attached hydrogen (secondary N) is 2. The van der Waals surface area contributed by atoms with Gasteiger partial charge < -0.3 is 15.5 Å². The number of carbonyl (C=O) groups excluding carboxylic acids is 1. The molecule has 1 amide bonds. The Hall–Kier alpha value is -2.04. The minimum Gasteiger partial charge on any atom is -0.357 e. The van der Waals surface area contributed by atoms with Crippen LogP contribution < -0.4 is 10.6 Å². The second-order valence-electron chi connectivity index (χ2n) is 6.38. The quantitative estimate of drug-likeness (QED) is 0.479. The first-order valence-electron chi connectivity index (χ1n) is 9.07. The standard InChI is InChI=1S/C19H30N4O/c1-3-20-19(23-14-10-16(2)11-15-23)22-13-7-12-21-18(24)17-8-5-4-6-9-17/h4-6,8-9,16H,3,7,10-15H2,1-2H3,(H,20,22)(H,21,24). The summed E-state index contributed by atoms with van der Waals surface area (Å²) in [6.07, 6.45) is 3.31. The van der Waals surface area contributed by atoms with Crippen molar-refractivity contribution >= 4 is 11.9 Å². The van der Waals surface area contributed by atoms with Crippen LogP contribution in [0.4, 0.5) is 0 Å². The summed E-state index contributed by atoms with van der Waals surface area (Å²) < 4.78 is 0. The molecule has 0 radical (unpaired) electrons. The lowest BCUT2D eigenvalue weighted by Crippen LogP contribution is -2.45. The van der Waals surface area contributed by atoms with Gasteiger partial charge in [0, 0.05) is 38.3 Å². The van der Waals surface area contributed by atoms with Crippen molar-refractivity contribution in [2.75, 3.05) is 32.7 Å². The first-order chi connectivity index (χ1) is 11.7. The zero-order valence-corrected chi connectivity index (χ0v) is 14.9. The Balaban J connectivity index is 1.73. The van der Waals surface area contributed by atoms with E-state index in [0.717, 1.165) is 44.5 Å². The summed E-state index contributed by atoms with van der Waals surface area (Å²) in [4.78, 5) is 19.0. The highest BCUT2D eigenvalue weighted by molar-refractivity contribution is 5.94. The van der Waals surface area contributed by atoms with Gasteiger partial charge in [0.15, 0.2) is 5.96 Å². The molecule has 0 saturated carbocycles. The van der Waals surface area contributed by atoms with E-state index in [1.807, 2.05) is 30.3 Å². The van der Waals surface area contributed by atoms with Crippen LogP contribution in [0.15, 0.2) is 35.3 Å². The van der Waals surface area contributed by atoms with Gasteiger partial charge in [-0.05, 0) is 44.2 Å². The summed E-state index contributed by atoms with van der Waals surface area (Å²) >= 11 is 0. The Morgan fingerprint density at radius 1 is 1.21 bits per heavy atom.